The highest BCUT2D eigenvalue weighted by atomic mass is 14.8. The van der Waals surface area contributed by atoms with Crippen molar-refractivity contribution in [2.24, 2.45) is 0 Å². The van der Waals surface area contributed by atoms with Gasteiger partial charge >= 0.3 is 0 Å². The number of rotatable bonds is 1. The molecule has 3 nitrogen and oxygen atoms in total. The molecule has 0 saturated carbocycles. The zero-order valence-corrected chi connectivity index (χ0v) is 5.78. The fourth-order valence-electron chi connectivity index (χ4n) is 0.874. The van der Waals surface area contributed by atoms with Crippen LogP contribution in [0.3, 0.4) is 0 Å². The Kier molecular flexibility index (Phi) is 1.41. The number of hydrogen-bond acceptors (Lipinski definition) is 2. The molecule has 0 aliphatic carbocycles. The third-order valence-corrected chi connectivity index (χ3v) is 1.38. The first kappa shape index (κ1) is 6.09. The van der Waals surface area contributed by atoms with Crippen molar-refractivity contribution < 1.29 is 0 Å². The van der Waals surface area contributed by atoms with Gasteiger partial charge in [-0.1, -0.05) is 0 Å². The maximum atomic E-state index is 4.11. The molecule has 1 radical (unpaired) electrons. The van der Waals surface area contributed by atoms with E-state index in [-0.39, 0.29) is 0 Å². The van der Waals surface area contributed by atoms with Crippen LogP contribution in [-0.2, 0) is 0 Å². The number of hydrogen-bond donors (Lipinski definition) is 1. The number of nitrogens with zero attached hydrogens (tertiary/aromatic N) is 2. The van der Waals surface area contributed by atoms with E-state index in [4.69, 9.17) is 0 Å². The summed E-state index contributed by atoms with van der Waals surface area (Å²) in [5.41, 5.74) is 1.78. The van der Waals surface area contributed by atoms with E-state index in [1.165, 1.54) is 0 Å². The van der Waals surface area contributed by atoms with E-state index >= 15 is 0 Å². The van der Waals surface area contributed by atoms with Crippen LogP contribution < -0.4 is 0 Å². The van der Waals surface area contributed by atoms with Gasteiger partial charge in [0.15, 0.2) is 0 Å². The lowest BCUT2D eigenvalue weighted by Gasteiger charge is -1.91. The smallest absolute Gasteiger partial charge is 0.0907 e. The molecule has 0 spiro atoms. The van der Waals surface area contributed by atoms with Crippen LogP contribution >= 0.6 is 0 Å². The van der Waals surface area contributed by atoms with Crippen LogP contribution in [0.2, 0.25) is 0 Å². The van der Waals surface area contributed by atoms with Crippen LogP contribution in [0.25, 0.3) is 11.3 Å². The first-order valence-electron chi connectivity index (χ1n) is 3.28. The summed E-state index contributed by atoms with van der Waals surface area (Å²) in [6.07, 6.45) is 9.76. The van der Waals surface area contributed by atoms with Crippen molar-refractivity contribution in [3.05, 3.63) is 37.1 Å². The fraction of sp³-hybridized carbons (Fsp3) is 0. The van der Waals surface area contributed by atoms with Gasteiger partial charge in [-0.05, 0) is 6.07 Å². The van der Waals surface area contributed by atoms with E-state index < -0.39 is 0 Å². The second-order valence-electron chi connectivity index (χ2n) is 2.11. The molecule has 53 valence electrons. The molecular formula is C8H6N3. The van der Waals surface area contributed by atoms with Gasteiger partial charge in [0.05, 0.1) is 18.1 Å². The molecule has 2 aromatic heterocycles. The lowest BCUT2D eigenvalue weighted by atomic mass is 10.2. The molecule has 0 bridgehead atoms. The number of aromatic amines is 1. The van der Waals surface area contributed by atoms with Crippen molar-refractivity contribution in [1.29, 1.82) is 0 Å². The summed E-state index contributed by atoms with van der Waals surface area (Å²) in [5, 5.41) is 0. The molecule has 3 heteroatoms. The van der Waals surface area contributed by atoms with Gasteiger partial charge in [-0.3, -0.25) is 9.97 Å². The normalized spacial score (nSPS) is 9.82. The average Bonchev–Trinajstić information content (AvgIpc) is 2.58. The molecule has 11 heavy (non-hydrogen) atoms. The van der Waals surface area contributed by atoms with Crippen molar-refractivity contribution in [3.8, 4) is 11.3 Å². The van der Waals surface area contributed by atoms with Gasteiger partial charge < -0.3 is 4.98 Å². The summed E-state index contributed by atoms with van der Waals surface area (Å²) in [4.78, 5) is 10.9. The van der Waals surface area contributed by atoms with Crippen molar-refractivity contribution in [3.63, 3.8) is 0 Å². The Morgan fingerprint density at radius 2 is 2.36 bits per heavy atom. The summed E-state index contributed by atoms with van der Waals surface area (Å²) in [7, 11) is 0. The van der Waals surface area contributed by atoms with Crippen LogP contribution in [0.4, 0.5) is 0 Å². The number of H-pyrrole nitrogens is 1. The lowest BCUT2D eigenvalue weighted by Crippen LogP contribution is -1.80. The lowest BCUT2D eigenvalue weighted by molar-refractivity contribution is 1.20. The first-order valence-corrected chi connectivity index (χ1v) is 3.28. The van der Waals surface area contributed by atoms with E-state index in [0.29, 0.717) is 0 Å². The average molecular weight is 144 g/mol. The topological polar surface area (TPSA) is 41.6 Å². The third kappa shape index (κ3) is 1.12. The zero-order valence-electron chi connectivity index (χ0n) is 5.78. The Morgan fingerprint density at radius 1 is 1.36 bits per heavy atom. The molecule has 0 atom stereocenters. The maximum absolute atomic E-state index is 4.11. The zero-order chi connectivity index (χ0) is 7.52. The number of nitrogens with one attached hydrogen (secondary N) is 1. The Morgan fingerprint density at radius 3 is 3.00 bits per heavy atom. The Hall–Kier alpha value is -1.64. The van der Waals surface area contributed by atoms with E-state index in [1.54, 1.807) is 18.6 Å². The largest absolute Gasteiger partial charge is 0.359 e. The molecule has 2 heterocycles. The molecule has 0 aromatic carbocycles. The van der Waals surface area contributed by atoms with E-state index in [0.717, 1.165) is 11.3 Å². The Balaban J connectivity index is 2.46. The minimum Gasteiger partial charge on any atom is -0.359 e. The third-order valence-electron chi connectivity index (χ3n) is 1.38. The molecule has 0 aliphatic rings. The molecule has 2 rings (SSSR count). The standard InChI is InChI=1S/C8H6N3/c1-2-9-5-7(1)8-6-10-3-4-11-8/h1-4,6,9H. The van der Waals surface area contributed by atoms with E-state index in [1.807, 2.05) is 12.3 Å². The van der Waals surface area contributed by atoms with Gasteiger partial charge in [-0.2, -0.15) is 0 Å². The highest BCUT2D eigenvalue weighted by Crippen LogP contribution is 2.11. The van der Waals surface area contributed by atoms with E-state index in [2.05, 4.69) is 21.1 Å². The van der Waals surface area contributed by atoms with Crippen molar-refractivity contribution in [1.82, 2.24) is 15.0 Å². The molecule has 0 unspecified atom stereocenters. The van der Waals surface area contributed by atoms with Crippen molar-refractivity contribution in [2.45, 2.75) is 0 Å². The molecular weight excluding hydrogens is 138 g/mol. The quantitative estimate of drug-likeness (QED) is 0.654. The molecule has 1 N–H and O–H groups in total. The summed E-state index contributed by atoms with van der Waals surface area (Å²) >= 11 is 0. The summed E-state index contributed by atoms with van der Waals surface area (Å²) in [6, 6.07) is 1.91. The highest BCUT2D eigenvalue weighted by molar-refractivity contribution is 5.55. The maximum Gasteiger partial charge on any atom is 0.0907 e. The summed E-state index contributed by atoms with van der Waals surface area (Å²) in [5.74, 6) is 0. The van der Waals surface area contributed by atoms with Gasteiger partial charge in [0.2, 0.25) is 0 Å². The number of aromatic nitrogens is 3. The SMILES string of the molecule is [c]1[nH]ccc1-c1cnccn1. The van der Waals surface area contributed by atoms with Crippen LogP contribution in [0.5, 0.6) is 0 Å². The summed E-state index contributed by atoms with van der Waals surface area (Å²) in [6.45, 7) is 0. The monoisotopic (exact) mass is 144 g/mol. The fourth-order valence-corrected chi connectivity index (χ4v) is 0.874. The van der Waals surface area contributed by atoms with Gasteiger partial charge in [0.25, 0.3) is 0 Å². The van der Waals surface area contributed by atoms with Gasteiger partial charge in [0.1, 0.15) is 0 Å². The molecule has 0 amide bonds. The second kappa shape index (κ2) is 2.54. The predicted octanol–water partition coefficient (Wildman–Crippen LogP) is 1.27. The van der Waals surface area contributed by atoms with E-state index in [9.17, 15) is 0 Å². The molecule has 0 saturated heterocycles. The Labute approximate surface area is 64.1 Å². The van der Waals surface area contributed by atoms with Gasteiger partial charge in [0, 0.05) is 24.2 Å². The van der Waals surface area contributed by atoms with Crippen molar-refractivity contribution in [2.75, 3.05) is 0 Å². The minimum absolute atomic E-state index is 0.841. The van der Waals surface area contributed by atoms with Gasteiger partial charge in [-0.15, -0.1) is 0 Å². The molecule has 0 aliphatic heterocycles. The van der Waals surface area contributed by atoms with Crippen molar-refractivity contribution >= 4 is 0 Å². The van der Waals surface area contributed by atoms with Crippen LogP contribution in [0.1, 0.15) is 0 Å². The Bertz CT molecular complexity index is 312. The predicted molar refractivity (Wildman–Crippen MR) is 40.7 cm³/mol. The van der Waals surface area contributed by atoms with Crippen LogP contribution in [-0.4, -0.2) is 15.0 Å². The second-order valence-corrected chi connectivity index (χ2v) is 2.11. The molecule has 2 aromatic rings. The van der Waals surface area contributed by atoms with Crippen LogP contribution in [0.15, 0.2) is 30.9 Å². The highest BCUT2D eigenvalue weighted by Gasteiger charge is 1.96. The van der Waals surface area contributed by atoms with Crippen LogP contribution in [0, 0.1) is 6.20 Å². The van der Waals surface area contributed by atoms with Gasteiger partial charge in [-0.25, -0.2) is 0 Å². The summed E-state index contributed by atoms with van der Waals surface area (Å²) < 4.78 is 0. The molecule has 0 fully saturated rings. The first-order chi connectivity index (χ1) is 5.47. The minimum atomic E-state index is 0.841.